The second-order valence-corrected chi connectivity index (χ2v) is 4.98. The van der Waals surface area contributed by atoms with Crippen molar-refractivity contribution in [3.05, 3.63) is 0 Å². The van der Waals surface area contributed by atoms with Crippen molar-refractivity contribution in [3.63, 3.8) is 0 Å². The van der Waals surface area contributed by atoms with E-state index >= 15 is 0 Å². The lowest BCUT2D eigenvalue weighted by Gasteiger charge is -2.29. The summed E-state index contributed by atoms with van der Waals surface area (Å²) in [5.41, 5.74) is 0. The average Bonchev–Trinajstić information content (AvgIpc) is 2.78. The zero-order chi connectivity index (χ0) is 11.4. The fraction of sp³-hybridized carbons (Fsp3) is 0.917. The van der Waals surface area contributed by atoms with Crippen molar-refractivity contribution in [1.29, 1.82) is 0 Å². The van der Waals surface area contributed by atoms with Crippen molar-refractivity contribution in [3.8, 4) is 0 Å². The highest BCUT2D eigenvalue weighted by molar-refractivity contribution is 5.78. The average molecular weight is 226 g/mol. The molecule has 1 N–H and O–H groups in total. The molecule has 92 valence electrons. The summed E-state index contributed by atoms with van der Waals surface area (Å²) in [4.78, 5) is 14.1. The molecule has 2 aliphatic rings. The van der Waals surface area contributed by atoms with Crippen LogP contribution in [0.15, 0.2) is 0 Å². The van der Waals surface area contributed by atoms with Gasteiger partial charge in [0.2, 0.25) is 5.91 Å². The number of nitrogens with one attached hydrogen (secondary N) is 1. The summed E-state index contributed by atoms with van der Waals surface area (Å²) in [5.74, 6) is 0.391. The Kier molecular flexibility index (Phi) is 4.18. The molecule has 2 rings (SSSR count). The minimum Gasteiger partial charge on any atom is -0.376 e. The molecular formula is C12H22N2O2. The lowest BCUT2D eigenvalue weighted by atomic mass is 9.97. The van der Waals surface area contributed by atoms with E-state index in [0.717, 1.165) is 45.4 Å². The fourth-order valence-corrected chi connectivity index (χ4v) is 2.54. The summed E-state index contributed by atoms with van der Waals surface area (Å²) >= 11 is 0. The first-order valence-corrected chi connectivity index (χ1v) is 6.33. The molecule has 0 saturated carbocycles. The van der Waals surface area contributed by atoms with Crippen LogP contribution in [0.2, 0.25) is 0 Å². The lowest BCUT2D eigenvalue weighted by Crippen LogP contribution is -2.43. The maximum atomic E-state index is 11.9. The molecule has 2 heterocycles. The Hall–Kier alpha value is -0.610. The van der Waals surface area contributed by atoms with Gasteiger partial charge in [0.05, 0.1) is 12.0 Å². The number of carbonyl (C=O) groups excluding carboxylic acids is 1. The van der Waals surface area contributed by atoms with Gasteiger partial charge in [-0.15, -0.1) is 0 Å². The van der Waals surface area contributed by atoms with Gasteiger partial charge in [0.25, 0.3) is 0 Å². The Morgan fingerprint density at radius 1 is 1.44 bits per heavy atom. The molecule has 2 fully saturated rings. The fourth-order valence-electron chi connectivity index (χ4n) is 2.54. The van der Waals surface area contributed by atoms with Gasteiger partial charge < -0.3 is 15.0 Å². The third-order valence-electron chi connectivity index (χ3n) is 3.52. The highest BCUT2D eigenvalue weighted by atomic mass is 16.5. The number of amides is 1. The van der Waals surface area contributed by atoms with E-state index in [1.165, 1.54) is 0 Å². The Labute approximate surface area is 97.3 Å². The number of ether oxygens (including phenoxy) is 1. The molecule has 0 aromatic heterocycles. The zero-order valence-corrected chi connectivity index (χ0v) is 10.1. The summed E-state index contributed by atoms with van der Waals surface area (Å²) in [7, 11) is 2.08. The maximum Gasteiger partial charge on any atom is 0.224 e. The topological polar surface area (TPSA) is 41.6 Å². The lowest BCUT2D eigenvalue weighted by molar-refractivity contribution is -0.127. The smallest absolute Gasteiger partial charge is 0.224 e. The number of nitrogens with zero attached hydrogens (tertiary/aromatic N) is 1. The van der Waals surface area contributed by atoms with Crippen molar-refractivity contribution >= 4 is 5.91 Å². The van der Waals surface area contributed by atoms with E-state index in [9.17, 15) is 4.79 Å². The molecule has 0 aromatic carbocycles. The zero-order valence-electron chi connectivity index (χ0n) is 10.1. The van der Waals surface area contributed by atoms with Crippen LogP contribution < -0.4 is 5.32 Å². The van der Waals surface area contributed by atoms with Gasteiger partial charge in [0.15, 0.2) is 0 Å². The number of hydrogen-bond acceptors (Lipinski definition) is 3. The molecule has 0 bridgehead atoms. The third-order valence-corrected chi connectivity index (χ3v) is 3.52. The molecule has 2 saturated heterocycles. The van der Waals surface area contributed by atoms with E-state index in [0.29, 0.717) is 6.54 Å². The highest BCUT2D eigenvalue weighted by Crippen LogP contribution is 2.15. The van der Waals surface area contributed by atoms with E-state index in [2.05, 4.69) is 17.3 Å². The van der Waals surface area contributed by atoms with Crippen LogP contribution in [-0.4, -0.2) is 50.2 Å². The minimum absolute atomic E-state index is 0.181. The van der Waals surface area contributed by atoms with Gasteiger partial charge in [-0.05, 0) is 39.3 Å². The van der Waals surface area contributed by atoms with Crippen LogP contribution in [0.1, 0.15) is 25.7 Å². The van der Waals surface area contributed by atoms with Crippen LogP contribution in [-0.2, 0) is 9.53 Å². The standard InChI is InChI=1S/C12H22N2O2/c1-14-6-2-4-10(9-14)12(15)13-8-11-5-3-7-16-11/h10-11H,2-9H2,1H3,(H,13,15)/t10-,11-/m0/s1. The summed E-state index contributed by atoms with van der Waals surface area (Å²) in [5, 5.41) is 3.02. The first-order valence-electron chi connectivity index (χ1n) is 6.33. The van der Waals surface area contributed by atoms with E-state index < -0.39 is 0 Å². The van der Waals surface area contributed by atoms with Crippen LogP contribution in [0.4, 0.5) is 0 Å². The molecule has 4 heteroatoms. The normalized spacial score (nSPS) is 31.6. The molecular weight excluding hydrogens is 204 g/mol. The van der Waals surface area contributed by atoms with E-state index in [-0.39, 0.29) is 17.9 Å². The molecule has 0 spiro atoms. The number of rotatable bonds is 3. The molecule has 0 radical (unpaired) electrons. The van der Waals surface area contributed by atoms with Gasteiger partial charge in [-0.3, -0.25) is 4.79 Å². The quantitative estimate of drug-likeness (QED) is 0.767. The number of piperidine rings is 1. The van der Waals surface area contributed by atoms with Crippen molar-refractivity contribution in [2.75, 3.05) is 33.3 Å². The predicted octanol–water partition coefficient (Wildman–Crippen LogP) is 0.623. The molecule has 0 aromatic rings. The second kappa shape index (κ2) is 5.64. The number of carbonyl (C=O) groups is 1. The SMILES string of the molecule is CN1CCC[C@H](C(=O)NC[C@@H]2CCCO2)C1. The molecule has 0 aliphatic carbocycles. The Morgan fingerprint density at radius 2 is 2.31 bits per heavy atom. The van der Waals surface area contributed by atoms with Crippen LogP contribution >= 0.6 is 0 Å². The molecule has 16 heavy (non-hydrogen) atoms. The summed E-state index contributed by atoms with van der Waals surface area (Å²) in [6.45, 7) is 3.57. The number of likely N-dealkylation sites (tertiary alicyclic amines) is 1. The first kappa shape index (κ1) is 11.9. The Morgan fingerprint density at radius 3 is 3.00 bits per heavy atom. The molecule has 2 atom stereocenters. The van der Waals surface area contributed by atoms with Gasteiger partial charge in [-0.1, -0.05) is 0 Å². The largest absolute Gasteiger partial charge is 0.376 e. The van der Waals surface area contributed by atoms with Gasteiger partial charge in [0, 0.05) is 19.7 Å². The van der Waals surface area contributed by atoms with Crippen LogP contribution in [0, 0.1) is 5.92 Å². The van der Waals surface area contributed by atoms with Gasteiger partial charge >= 0.3 is 0 Å². The monoisotopic (exact) mass is 226 g/mol. The summed E-state index contributed by atoms with van der Waals surface area (Å²) in [6.07, 6.45) is 4.64. The predicted molar refractivity (Wildman–Crippen MR) is 62.2 cm³/mol. The molecule has 0 unspecified atom stereocenters. The van der Waals surface area contributed by atoms with E-state index in [1.807, 2.05) is 0 Å². The first-order chi connectivity index (χ1) is 7.75. The summed E-state index contributed by atoms with van der Waals surface area (Å²) < 4.78 is 5.49. The minimum atomic E-state index is 0.181. The Bertz CT molecular complexity index is 239. The number of hydrogen-bond donors (Lipinski definition) is 1. The maximum absolute atomic E-state index is 11.9. The van der Waals surface area contributed by atoms with Crippen LogP contribution in [0.3, 0.4) is 0 Å². The van der Waals surface area contributed by atoms with Crippen LogP contribution in [0.5, 0.6) is 0 Å². The highest BCUT2D eigenvalue weighted by Gasteiger charge is 2.24. The summed E-state index contributed by atoms with van der Waals surface area (Å²) in [6, 6.07) is 0. The molecule has 1 amide bonds. The second-order valence-electron chi connectivity index (χ2n) is 4.98. The Balaban J connectivity index is 1.70. The van der Waals surface area contributed by atoms with E-state index in [4.69, 9.17) is 4.74 Å². The van der Waals surface area contributed by atoms with Gasteiger partial charge in [0.1, 0.15) is 0 Å². The molecule has 2 aliphatic heterocycles. The van der Waals surface area contributed by atoms with E-state index in [1.54, 1.807) is 0 Å². The van der Waals surface area contributed by atoms with Crippen molar-refractivity contribution in [2.45, 2.75) is 31.8 Å². The van der Waals surface area contributed by atoms with Crippen molar-refractivity contribution in [2.24, 2.45) is 5.92 Å². The van der Waals surface area contributed by atoms with Gasteiger partial charge in [-0.2, -0.15) is 0 Å². The third kappa shape index (κ3) is 3.19. The molecule has 4 nitrogen and oxygen atoms in total. The van der Waals surface area contributed by atoms with Crippen molar-refractivity contribution < 1.29 is 9.53 Å². The van der Waals surface area contributed by atoms with Gasteiger partial charge in [-0.25, -0.2) is 0 Å². The van der Waals surface area contributed by atoms with Crippen molar-refractivity contribution in [1.82, 2.24) is 10.2 Å². The van der Waals surface area contributed by atoms with Crippen LogP contribution in [0.25, 0.3) is 0 Å².